The van der Waals surface area contributed by atoms with Crippen LogP contribution in [0.2, 0.25) is 0 Å². The molecule has 2 aromatic rings. The summed E-state index contributed by atoms with van der Waals surface area (Å²) in [6.45, 7) is -1.06. The summed E-state index contributed by atoms with van der Waals surface area (Å²) in [5, 5.41) is 49.3. The Balaban J connectivity index is 1.79. The van der Waals surface area contributed by atoms with Crippen molar-refractivity contribution in [2.45, 2.75) is 37.3 Å². The molecule has 0 radical (unpaired) electrons. The summed E-state index contributed by atoms with van der Waals surface area (Å²) in [5.41, 5.74) is -0.109. The Bertz CT molecular complexity index is 1100. The molecule has 12 heteroatoms. The van der Waals surface area contributed by atoms with Gasteiger partial charge in [-0.2, -0.15) is 0 Å². The molecule has 0 aliphatic carbocycles. The maximum absolute atomic E-state index is 12.6. The van der Waals surface area contributed by atoms with E-state index in [0.717, 1.165) is 6.07 Å². The highest BCUT2D eigenvalue weighted by molar-refractivity contribution is 5.96. The molecule has 5 unspecified atom stereocenters. The zero-order valence-corrected chi connectivity index (χ0v) is 17.8. The molecule has 2 aliphatic heterocycles. The number of fused-ring (bicyclic) bond motifs is 2. The number of carbonyl (C=O) groups is 2. The smallest absolute Gasteiger partial charge is 0.346 e. The summed E-state index contributed by atoms with van der Waals surface area (Å²) in [4.78, 5) is 24.3. The lowest BCUT2D eigenvalue weighted by Crippen LogP contribution is -2.60. The van der Waals surface area contributed by atoms with Gasteiger partial charge in [0.25, 0.3) is 0 Å². The Labute approximate surface area is 192 Å². The van der Waals surface area contributed by atoms with Crippen LogP contribution < -0.4 is 14.2 Å². The molecule has 0 amide bonds. The number of carboxylic acids is 1. The third-order valence-corrected chi connectivity index (χ3v) is 5.45. The minimum Gasteiger partial charge on any atom is -0.496 e. The van der Waals surface area contributed by atoms with Gasteiger partial charge in [-0.1, -0.05) is 6.07 Å². The van der Waals surface area contributed by atoms with Gasteiger partial charge in [0.2, 0.25) is 6.29 Å². The first kappa shape index (κ1) is 23.7. The van der Waals surface area contributed by atoms with E-state index in [1.165, 1.54) is 25.3 Å². The number of methoxy groups -OCH3 is 1. The summed E-state index contributed by atoms with van der Waals surface area (Å²) in [7, 11) is 1.36. The van der Waals surface area contributed by atoms with Crippen LogP contribution in [0.25, 0.3) is 0 Å². The molecule has 0 bridgehead atoms. The number of hydrogen-bond acceptors (Lipinski definition) is 11. The van der Waals surface area contributed by atoms with Crippen LogP contribution in [0.4, 0.5) is 0 Å². The molecule has 4 rings (SSSR count). The van der Waals surface area contributed by atoms with Crippen molar-refractivity contribution in [3.8, 4) is 23.0 Å². The summed E-state index contributed by atoms with van der Waals surface area (Å²) in [6.07, 6.45) is -7.93. The summed E-state index contributed by atoms with van der Waals surface area (Å²) in [6, 6.07) is 6.90. The maximum Gasteiger partial charge on any atom is 0.346 e. The van der Waals surface area contributed by atoms with E-state index in [2.05, 4.69) is 0 Å². The van der Waals surface area contributed by atoms with Crippen LogP contribution >= 0.6 is 0 Å². The zero-order chi connectivity index (χ0) is 24.6. The lowest BCUT2D eigenvalue weighted by atomic mass is 9.99. The minimum absolute atomic E-state index is 0.00301. The Kier molecular flexibility index (Phi) is 6.59. The van der Waals surface area contributed by atoms with Crippen molar-refractivity contribution < 1.29 is 58.8 Å². The quantitative estimate of drug-likeness (QED) is 0.364. The van der Waals surface area contributed by atoms with Gasteiger partial charge in [-0.25, -0.2) is 9.59 Å². The van der Waals surface area contributed by atoms with E-state index in [1.807, 2.05) is 0 Å². The second kappa shape index (κ2) is 9.44. The lowest BCUT2D eigenvalue weighted by Gasteiger charge is -2.39. The third-order valence-electron chi connectivity index (χ3n) is 5.45. The second-order valence-electron chi connectivity index (χ2n) is 7.59. The number of aliphatic hydroxyl groups is 4. The van der Waals surface area contributed by atoms with Gasteiger partial charge in [0.15, 0.2) is 11.5 Å². The van der Waals surface area contributed by atoms with Gasteiger partial charge < -0.3 is 49.2 Å². The van der Waals surface area contributed by atoms with Crippen LogP contribution in [0.3, 0.4) is 0 Å². The Morgan fingerprint density at radius 3 is 2.56 bits per heavy atom. The number of esters is 1. The fourth-order valence-corrected chi connectivity index (χ4v) is 3.68. The molecule has 34 heavy (non-hydrogen) atoms. The number of carboxylic acid groups (broad SMARTS) is 1. The maximum atomic E-state index is 12.6. The molecule has 0 saturated carbocycles. The van der Waals surface area contributed by atoms with Gasteiger partial charge in [-0.15, -0.1) is 0 Å². The summed E-state index contributed by atoms with van der Waals surface area (Å²) >= 11 is 0. The van der Waals surface area contributed by atoms with Gasteiger partial charge in [-0.05, 0) is 24.3 Å². The molecule has 182 valence electrons. The number of carbonyl (C=O) groups excluding carboxylic acids is 1. The van der Waals surface area contributed by atoms with Crippen LogP contribution in [0.15, 0.2) is 30.3 Å². The molecule has 2 aliphatic rings. The molecule has 2 aromatic carbocycles. The van der Waals surface area contributed by atoms with Gasteiger partial charge >= 0.3 is 11.9 Å². The number of benzene rings is 2. The van der Waals surface area contributed by atoms with Crippen molar-refractivity contribution in [2.24, 2.45) is 0 Å². The number of hydrogen-bond donors (Lipinski definition) is 5. The first-order valence-electron chi connectivity index (χ1n) is 10.1. The van der Waals surface area contributed by atoms with Crippen molar-refractivity contribution in [1.82, 2.24) is 0 Å². The Hall–Kier alpha value is -3.42. The highest BCUT2D eigenvalue weighted by Crippen LogP contribution is 2.43. The SMILES string of the molecule is COc1cccc2c1C(=O)OCc1cc(C(=O)O)cc(OC3OC(CO)C(O)C(O)C3O)c1O2. The van der Waals surface area contributed by atoms with Crippen LogP contribution in [0.5, 0.6) is 23.0 Å². The Morgan fingerprint density at radius 1 is 1.12 bits per heavy atom. The number of aliphatic hydroxyl groups excluding tert-OH is 4. The highest BCUT2D eigenvalue weighted by atomic mass is 16.7. The van der Waals surface area contributed by atoms with Gasteiger partial charge in [0.1, 0.15) is 48.1 Å². The summed E-state index contributed by atoms with van der Waals surface area (Å²) in [5.74, 6) is -2.11. The molecule has 1 saturated heterocycles. The van der Waals surface area contributed by atoms with Crippen LogP contribution in [-0.2, 0) is 16.1 Å². The molecule has 5 N–H and O–H groups in total. The number of aromatic carboxylic acids is 1. The van der Waals surface area contributed by atoms with Gasteiger partial charge in [0.05, 0.1) is 19.3 Å². The molecular formula is C22H22O12. The summed E-state index contributed by atoms with van der Waals surface area (Å²) < 4.78 is 27.5. The average Bonchev–Trinajstić information content (AvgIpc) is 2.82. The van der Waals surface area contributed by atoms with E-state index < -0.39 is 49.3 Å². The normalized spacial score (nSPS) is 26.1. The van der Waals surface area contributed by atoms with E-state index in [-0.39, 0.29) is 46.3 Å². The largest absolute Gasteiger partial charge is 0.496 e. The van der Waals surface area contributed by atoms with E-state index in [1.54, 1.807) is 6.07 Å². The molecule has 0 spiro atoms. The molecule has 12 nitrogen and oxygen atoms in total. The van der Waals surface area contributed by atoms with E-state index >= 15 is 0 Å². The lowest BCUT2D eigenvalue weighted by molar-refractivity contribution is -0.277. The predicted octanol–water partition coefficient (Wildman–Crippen LogP) is 0.0348. The van der Waals surface area contributed by atoms with Crippen molar-refractivity contribution in [3.05, 3.63) is 47.0 Å². The number of cyclic esters (lactones) is 1. The first-order chi connectivity index (χ1) is 16.2. The van der Waals surface area contributed by atoms with Crippen molar-refractivity contribution in [1.29, 1.82) is 0 Å². The van der Waals surface area contributed by atoms with Crippen molar-refractivity contribution >= 4 is 11.9 Å². The topological polar surface area (TPSA) is 181 Å². The minimum atomic E-state index is -1.75. The van der Waals surface area contributed by atoms with E-state index in [9.17, 15) is 35.1 Å². The monoisotopic (exact) mass is 478 g/mol. The highest BCUT2D eigenvalue weighted by Gasteiger charge is 2.45. The molecular weight excluding hydrogens is 456 g/mol. The van der Waals surface area contributed by atoms with Crippen LogP contribution in [0, 0.1) is 0 Å². The van der Waals surface area contributed by atoms with E-state index in [4.69, 9.17) is 23.7 Å². The third kappa shape index (κ3) is 4.24. The number of rotatable bonds is 5. The predicted molar refractivity (Wildman–Crippen MR) is 110 cm³/mol. The first-order valence-corrected chi connectivity index (χ1v) is 10.1. The van der Waals surface area contributed by atoms with E-state index in [0.29, 0.717) is 0 Å². The van der Waals surface area contributed by atoms with Gasteiger partial charge in [-0.3, -0.25) is 0 Å². The number of ether oxygens (including phenoxy) is 5. The molecule has 2 heterocycles. The Morgan fingerprint density at radius 2 is 1.88 bits per heavy atom. The zero-order valence-electron chi connectivity index (χ0n) is 17.8. The average molecular weight is 478 g/mol. The fraction of sp³-hybridized carbons (Fsp3) is 0.364. The molecule has 5 atom stereocenters. The molecule has 0 aromatic heterocycles. The van der Waals surface area contributed by atoms with Crippen molar-refractivity contribution in [2.75, 3.05) is 13.7 Å². The van der Waals surface area contributed by atoms with Gasteiger partial charge in [0, 0.05) is 5.56 Å². The molecule has 1 fully saturated rings. The standard InChI is InChI=1S/C22H22O12/c1-30-11-3-2-4-12-15(11)21(29)31-8-10-5-9(20(27)28)6-13(19(10)32-12)33-22-18(26)17(25)16(24)14(7-23)34-22/h2-6,14,16-18,22-26H,7-8H2,1H3,(H,27,28). The van der Waals surface area contributed by atoms with Crippen molar-refractivity contribution in [3.63, 3.8) is 0 Å². The second-order valence-corrected chi connectivity index (χ2v) is 7.59. The van der Waals surface area contributed by atoms with Crippen LogP contribution in [0.1, 0.15) is 26.3 Å². The fourth-order valence-electron chi connectivity index (χ4n) is 3.68. The van der Waals surface area contributed by atoms with Crippen LogP contribution in [-0.4, -0.2) is 81.9 Å².